The molecule has 0 radical (unpaired) electrons. The molecule has 0 aliphatic rings. The normalized spacial score (nSPS) is 16.0. The SMILES string of the molecule is CCCC(OS(=O)(=O)c1cc(O)ccc1C)(C(=O)O)C(C)O. The summed E-state index contributed by atoms with van der Waals surface area (Å²) in [5.41, 5.74) is -1.98. The fraction of sp³-hybridized carbons (Fsp3) is 0.500. The molecule has 3 N–H and O–H groups in total. The molecule has 0 saturated heterocycles. The summed E-state index contributed by atoms with van der Waals surface area (Å²) in [4.78, 5) is 11.2. The second kappa shape index (κ2) is 6.64. The molecule has 1 aromatic carbocycles. The minimum absolute atomic E-state index is 0.183. The summed E-state index contributed by atoms with van der Waals surface area (Å²) in [7, 11) is -4.48. The smallest absolute Gasteiger partial charge is 0.340 e. The van der Waals surface area contributed by atoms with Gasteiger partial charge in [-0.05, 0) is 31.9 Å². The molecule has 2 unspecified atom stereocenters. The average molecular weight is 332 g/mol. The number of phenolic OH excluding ortho intramolecular Hbond substituents is 1. The molecule has 0 aliphatic carbocycles. The van der Waals surface area contributed by atoms with Gasteiger partial charge in [0.15, 0.2) is 0 Å². The maximum absolute atomic E-state index is 12.4. The van der Waals surface area contributed by atoms with E-state index in [1.165, 1.54) is 19.1 Å². The highest BCUT2D eigenvalue weighted by molar-refractivity contribution is 7.86. The number of aliphatic carboxylic acids is 1. The molecular weight excluding hydrogens is 312 g/mol. The maximum Gasteiger partial charge on any atom is 0.340 e. The molecule has 7 nitrogen and oxygen atoms in total. The molecule has 0 bridgehead atoms. The Morgan fingerprint density at radius 1 is 1.41 bits per heavy atom. The van der Waals surface area contributed by atoms with Crippen LogP contribution in [0, 0.1) is 6.92 Å². The van der Waals surface area contributed by atoms with Crippen LogP contribution in [0.15, 0.2) is 23.1 Å². The third-order valence-corrected chi connectivity index (χ3v) is 4.85. The Kier molecular flexibility index (Phi) is 5.55. The largest absolute Gasteiger partial charge is 0.508 e. The number of aliphatic hydroxyl groups excluding tert-OH is 1. The molecule has 2 atom stereocenters. The van der Waals surface area contributed by atoms with E-state index in [1.54, 1.807) is 6.92 Å². The highest BCUT2D eigenvalue weighted by Gasteiger charge is 2.48. The molecule has 0 spiro atoms. The van der Waals surface area contributed by atoms with Crippen LogP contribution in [0.4, 0.5) is 0 Å². The maximum atomic E-state index is 12.4. The molecular formula is C14H20O7S. The molecule has 22 heavy (non-hydrogen) atoms. The number of rotatable bonds is 7. The zero-order valence-corrected chi connectivity index (χ0v) is 13.4. The van der Waals surface area contributed by atoms with Gasteiger partial charge in [-0.15, -0.1) is 0 Å². The number of carbonyl (C=O) groups is 1. The highest BCUT2D eigenvalue weighted by atomic mass is 32.2. The Morgan fingerprint density at radius 2 is 2.00 bits per heavy atom. The number of carboxylic acid groups (broad SMARTS) is 1. The van der Waals surface area contributed by atoms with Gasteiger partial charge in [-0.25, -0.2) is 8.98 Å². The first-order chi connectivity index (χ1) is 10.1. The Labute approximate surface area is 129 Å². The van der Waals surface area contributed by atoms with E-state index >= 15 is 0 Å². The van der Waals surface area contributed by atoms with E-state index in [4.69, 9.17) is 4.18 Å². The third-order valence-electron chi connectivity index (χ3n) is 3.36. The lowest BCUT2D eigenvalue weighted by molar-refractivity contribution is -0.166. The standard InChI is InChI=1S/C14H20O7S/c1-4-7-14(10(3)15,13(17)18)21-22(19,20)12-8-11(16)6-5-9(12)2/h5-6,8,10,15-16H,4,7H2,1-3H3,(H,17,18). The number of aryl methyl sites for hydroxylation is 1. The summed E-state index contributed by atoms with van der Waals surface area (Å²) in [6, 6.07) is 3.65. The van der Waals surface area contributed by atoms with Gasteiger partial charge in [-0.2, -0.15) is 8.42 Å². The Morgan fingerprint density at radius 3 is 2.45 bits per heavy atom. The number of hydrogen-bond donors (Lipinski definition) is 3. The summed E-state index contributed by atoms with van der Waals surface area (Å²) in [6.45, 7) is 4.30. The fourth-order valence-electron chi connectivity index (χ4n) is 2.11. The third kappa shape index (κ3) is 3.57. The van der Waals surface area contributed by atoms with Crippen LogP contribution in [0.2, 0.25) is 0 Å². The number of carboxylic acids is 1. The van der Waals surface area contributed by atoms with E-state index in [9.17, 15) is 28.5 Å². The van der Waals surface area contributed by atoms with E-state index < -0.39 is 27.8 Å². The predicted octanol–water partition coefficient (Wildman–Crippen LogP) is 1.41. The van der Waals surface area contributed by atoms with Crippen LogP contribution in [-0.2, 0) is 19.1 Å². The van der Waals surface area contributed by atoms with Crippen molar-refractivity contribution in [1.82, 2.24) is 0 Å². The van der Waals surface area contributed by atoms with Gasteiger partial charge in [0.1, 0.15) is 10.6 Å². The average Bonchev–Trinajstić information content (AvgIpc) is 2.40. The van der Waals surface area contributed by atoms with Crippen LogP contribution in [0.5, 0.6) is 5.75 Å². The number of benzene rings is 1. The molecule has 0 aromatic heterocycles. The molecule has 0 heterocycles. The van der Waals surface area contributed by atoms with Crippen LogP contribution in [0.25, 0.3) is 0 Å². The zero-order valence-electron chi connectivity index (χ0n) is 12.6. The minimum Gasteiger partial charge on any atom is -0.508 e. The second-order valence-electron chi connectivity index (χ2n) is 5.11. The Bertz CT molecular complexity index is 651. The van der Waals surface area contributed by atoms with Gasteiger partial charge >= 0.3 is 5.97 Å². The van der Waals surface area contributed by atoms with E-state index in [1.807, 2.05) is 0 Å². The van der Waals surface area contributed by atoms with Crippen LogP contribution in [0.1, 0.15) is 32.3 Å². The second-order valence-corrected chi connectivity index (χ2v) is 6.62. The fourth-order valence-corrected chi connectivity index (χ4v) is 3.61. The van der Waals surface area contributed by atoms with E-state index in [0.717, 1.165) is 13.0 Å². The summed E-state index contributed by atoms with van der Waals surface area (Å²) in [5, 5.41) is 28.6. The lowest BCUT2D eigenvalue weighted by Gasteiger charge is -2.31. The van der Waals surface area contributed by atoms with Crippen molar-refractivity contribution >= 4 is 16.1 Å². The van der Waals surface area contributed by atoms with Gasteiger partial charge in [-0.1, -0.05) is 19.4 Å². The monoisotopic (exact) mass is 332 g/mol. The van der Waals surface area contributed by atoms with Crippen LogP contribution in [0.3, 0.4) is 0 Å². The lowest BCUT2D eigenvalue weighted by Crippen LogP contribution is -2.51. The molecule has 0 fully saturated rings. The van der Waals surface area contributed by atoms with E-state index in [2.05, 4.69) is 0 Å². The van der Waals surface area contributed by atoms with E-state index in [0.29, 0.717) is 12.0 Å². The summed E-state index contributed by atoms with van der Waals surface area (Å²) in [6.07, 6.45) is -1.43. The van der Waals surface area contributed by atoms with Gasteiger partial charge in [0.25, 0.3) is 10.1 Å². The molecule has 8 heteroatoms. The topological polar surface area (TPSA) is 121 Å². The van der Waals surface area contributed by atoms with Crippen molar-refractivity contribution in [2.75, 3.05) is 0 Å². The predicted molar refractivity (Wildman–Crippen MR) is 78.1 cm³/mol. The van der Waals surface area contributed by atoms with Crippen molar-refractivity contribution in [1.29, 1.82) is 0 Å². The van der Waals surface area contributed by atoms with Gasteiger partial charge < -0.3 is 15.3 Å². The quantitative estimate of drug-likeness (QED) is 0.645. The van der Waals surface area contributed by atoms with Gasteiger partial charge in [0, 0.05) is 6.07 Å². The molecule has 1 rings (SSSR count). The van der Waals surface area contributed by atoms with Gasteiger partial charge in [0.05, 0.1) is 6.10 Å². The number of aliphatic hydroxyl groups is 1. The summed E-state index contributed by atoms with van der Waals surface area (Å²) < 4.78 is 29.7. The Balaban J connectivity index is 3.38. The highest BCUT2D eigenvalue weighted by Crippen LogP contribution is 2.31. The molecule has 124 valence electrons. The summed E-state index contributed by atoms with van der Waals surface area (Å²) in [5.74, 6) is -1.85. The zero-order chi connectivity index (χ0) is 17.1. The summed E-state index contributed by atoms with van der Waals surface area (Å²) >= 11 is 0. The number of aromatic hydroxyl groups is 1. The van der Waals surface area contributed by atoms with Crippen molar-refractivity contribution in [3.05, 3.63) is 23.8 Å². The molecule has 0 saturated carbocycles. The lowest BCUT2D eigenvalue weighted by atomic mass is 9.93. The van der Waals surface area contributed by atoms with Crippen molar-refractivity contribution in [3.63, 3.8) is 0 Å². The van der Waals surface area contributed by atoms with Crippen LogP contribution < -0.4 is 0 Å². The molecule has 0 aliphatic heterocycles. The molecule has 0 amide bonds. The van der Waals surface area contributed by atoms with Crippen molar-refractivity contribution < 1.29 is 32.7 Å². The first-order valence-electron chi connectivity index (χ1n) is 6.73. The molecule has 1 aromatic rings. The van der Waals surface area contributed by atoms with Crippen molar-refractivity contribution in [2.24, 2.45) is 0 Å². The van der Waals surface area contributed by atoms with Crippen molar-refractivity contribution in [3.8, 4) is 5.75 Å². The van der Waals surface area contributed by atoms with Gasteiger partial charge in [-0.3, -0.25) is 0 Å². The number of phenols is 1. The van der Waals surface area contributed by atoms with E-state index in [-0.39, 0.29) is 17.1 Å². The van der Waals surface area contributed by atoms with Crippen LogP contribution >= 0.6 is 0 Å². The first kappa shape index (κ1) is 18.4. The Hall–Kier alpha value is -1.64. The van der Waals surface area contributed by atoms with Crippen molar-refractivity contribution in [2.45, 2.75) is 50.2 Å². The minimum atomic E-state index is -4.48. The number of hydrogen-bond acceptors (Lipinski definition) is 6. The first-order valence-corrected chi connectivity index (χ1v) is 8.14. The van der Waals surface area contributed by atoms with Crippen LogP contribution in [-0.4, -0.2) is 41.4 Å². The van der Waals surface area contributed by atoms with Gasteiger partial charge in [0.2, 0.25) is 5.60 Å².